The Bertz CT molecular complexity index is 1930. The molecule has 8 nitrogen and oxygen atoms in total. The lowest BCUT2D eigenvalue weighted by molar-refractivity contribution is 0.0519. The number of para-hydroxylation sites is 1. The molecule has 240 valence electrons. The highest BCUT2D eigenvalue weighted by Gasteiger charge is 2.43. The van der Waals surface area contributed by atoms with E-state index in [2.05, 4.69) is 48.4 Å². The van der Waals surface area contributed by atoms with E-state index in [1.807, 2.05) is 85.8 Å². The number of hydrogen-bond donors (Lipinski definition) is 2. The first-order valence-corrected chi connectivity index (χ1v) is 16.6. The van der Waals surface area contributed by atoms with Gasteiger partial charge in [0.1, 0.15) is 11.5 Å². The Kier molecular flexibility index (Phi) is 8.04. The summed E-state index contributed by atoms with van der Waals surface area (Å²) in [6.07, 6.45) is 4.95. The molecule has 2 unspecified atom stereocenters. The van der Waals surface area contributed by atoms with Gasteiger partial charge < -0.3 is 10.2 Å². The molecule has 2 atom stereocenters. The molecule has 2 fully saturated rings. The molecule has 2 aliphatic rings. The summed E-state index contributed by atoms with van der Waals surface area (Å²) < 4.78 is 1.79. The third-order valence-corrected chi connectivity index (χ3v) is 9.59. The number of fused-ring (bicyclic) bond motifs is 3. The first-order valence-electron chi connectivity index (χ1n) is 16.6. The minimum absolute atomic E-state index is 0.0530. The average molecular weight is 627 g/mol. The van der Waals surface area contributed by atoms with Crippen molar-refractivity contribution >= 4 is 34.3 Å². The second-order valence-electron chi connectivity index (χ2n) is 14.2. The van der Waals surface area contributed by atoms with E-state index in [1.165, 1.54) is 5.56 Å². The summed E-state index contributed by atoms with van der Waals surface area (Å²) >= 11 is 0. The number of hydrogen-bond acceptors (Lipinski definition) is 4. The van der Waals surface area contributed by atoms with Gasteiger partial charge in [0.15, 0.2) is 0 Å². The molecular weight excluding hydrogens is 584 g/mol. The molecule has 2 saturated heterocycles. The van der Waals surface area contributed by atoms with Crippen molar-refractivity contribution in [2.24, 2.45) is 5.92 Å². The third-order valence-electron chi connectivity index (χ3n) is 9.59. The highest BCUT2D eigenvalue weighted by Crippen LogP contribution is 2.41. The number of anilines is 2. The minimum Gasteiger partial charge on any atom is -0.331 e. The van der Waals surface area contributed by atoms with Gasteiger partial charge in [0, 0.05) is 34.6 Å². The van der Waals surface area contributed by atoms with E-state index in [1.54, 1.807) is 4.68 Å². The van der Waals surface area contributed by atoms with Crippen LogP contribution in [0.25, 0.3) is 16.6 Å². The lowest BCUT2D eigenvalue weighted by Gasteiger charge is -2.39. The van der Waals surface area contributed by atoms with E-state index in [0.29, 0.717) is 17.4 Å². The molecule has 47 heavy (non-hydrogen) atoms. The highest BCUT2D eigenvalue weighted by molar-refractivity contribution is 5.99. The molecule has 2 aromatic heterocycles. The zero-order valence-electron chi connectivity index (χ0n) is 27.5. The number of aromatic nitrogens is 3. The average Bonchev–Trinajstić information content (AvgIpc) is 3.59. The van der Waals surface area contributed by atoms with Crippen molar-refractivity contribution in [1.29, 1.82) is 0 Å². The van der Waals surface area contributed by atoms with Gasteiger partial charge in [-0.1, -0.05) is 74.9 Å². The number of rotatable bonds is 6. The second-order valence-corrected chi connectivity index (χ2v) is 14.2. The van der Waals surface area contributed by atoms with Gasteiger partial charge in [0.25, 0.3) is 5.91 Å². The molecule has 7 rings (SSSR count). The highest BCUT2D eigenvalue weighted by atomic mass is 16.2. The van der Waals surface area contributed by atoms with Crippen LogP contribution in [0.3, 0.4) is 0 Å². The Morgan fingerprint density at radius 2 is 1.60 bits per heavy atom. The maximum atomic E-state index is 13.6. The van der Waals surface area contributed by atoms with Crippen molar-refractivity contribution in [1.82, 2.24) is 19.7 Å². The number of piperidine rings is 1. The van der Waals surface area contributed by atoms with Gasteiger partial charge >= 0.3 is 6.03 Å². The SMILES string of the molecule is Cc1ccc(-n2nc(C(C)(C)C)cc2NC(=O)Nc2cccc(CC3CC4CCC(C3)N4C(=O)c3ccc4ccccc4n3)c2)cc1. The lowest BCUT2D eigenvalue weighted by atomic mass is 9.85. The van der Waals surface area contributed by atoms with Gasteiger partial charge in [-0.15, -0.1) is 0 Å². The Labute approximate surface area is 276 Å². The molecule has 0 aliphatic carbocycles. The molecular formula is C39H42N6O2. The maximum absolute atomic E-state index is 13.6. The van der Waals surface area contributed by atoms with Crippen molar-refractivity contribution in [3.05, 3.63) is 114 Å². The number of benzene rings is 3. The Hall–Kier alpha value is -4.98. The molecule has 0 radical (unpaired) electrons. The van der Waals surface area contributed by atoms with E-state index in [0.717, 1.165) is 65.6 Å². The fourth-order valence-electron chi connectivity index (χ4n) is 7.21. The number of urea groups is 1. The quantitative estimate of drug-likeness (QED) is 0.198. The Morgan fingerprint density at radius 1 is 0.851 bits per heavy atom. The van der Waals surface area contributed by atoms with Crippen molar-refractivity contribution in [2.45, 2.75) is 77.3 Å². The van der Waals surface area contributed by atoms with Gasteiger partial charge in [-0.2, -0.15) is 5.10 Å². The fraction of sp³-hybridized carbons (Fsp3) is 0.333. The first-order chi connectivity index (χ1) is 22.6. The molecule has 3 aromatic carbocycles. The molecule has 0 saturated carbocycles. The third kappa shape index (κ3) is 6.50. The predicted octanol–water partition coefficient (Wildman–Crippen LogP) is 8.30. The van der Waals surface area contributed by atoms with Crippen LogP contribution >= 0.6 is 0 Å². The Balaban J connectivity index is 1.00. The van der Waals surface area contributed by atoms with Crippen molar-refractivity contribution < 1.29 is 9.59 Å². The van der Waals surface area contributed by atoms with Crippen LogP contribution in [0.15, 0.2) is 91.0 Å². The van der Waals surface area contributed by atoms with Crippen LogP contribution < -0.4 is 10.6 Å². The molecule has 2 N–H and O–H groups in total. The largest absolute Gasteiger partial charge is 0.331 e. The summed E-state index contributed by atoms with van der Waals surface area (Å²) in [5, 5.41) is 11.9. The fourth-order valence-corrected chi connectivity index (χ4v) is 7.21. The van der Waals surface area contributed by atoms with Crippen molar-refractivity contribution in [3.63, 3.8) is 0 Å². The van der Waals surface area contributed by atoms with Crippen LogP contribution in [-0.2, 0) is 11.8 Å². The summed E-state index contributed by atoms with van der Waals surface area (Å²) in [6, 6.07) is 30.1. The zero-order valence-corrected chi connectivity index (χ0v) is 27.5. The van der Waals surface area contributed by atoms with Crippen LogP contribution in [0.2, 0.25) is 0 Å². The predicted molar refractivity (Wildman–Crippen MR) is 187 cm³/mol. The number of pyridine rings is 1. The lowest BCUT2D eigenvalue weighted by Crippen LogP contribution is -2.47. The van der Waals surface area contributed by atoms with Gasteiger partial charge in [-0.25, -0.2) is 14.5 Å². The van der Waals surface area contributed by atoms with Gasteiger partial charge in [-0.3, -0.25) is 10.1 Å². The molecule has 3 amide bonds. The maximum Gasteiger partial charge on any atom is 0.324 e. The summed E-state index contributed by atoms with van der Waals surface area (Å²) in [5.74, 6) is 1.14. The summed E-state index contributed by atoms with van der Waals surface area (Å²) in [5.41, 5.74) is 6.09. The van der Waals surface area contributed by atoms with Crippen molar-refractivity contribution in [3.8, 4) is 5.69 Å². The number of amides is 3. The van der Waals surface area contributed by atoms with Gasteiger partial charge in [0.05, 0.1) is 16.9 Å². The molecule has 0 spiro atoms. The monoisotopic (exact) mass is 626 g/mol. The number of carbonyl (C=O) groups is 2. The van der Waals surface area contributed by atoms with E-state index in [9.17, 15) is 9.59 Å². The summed E-state index contributed by atoms with van der Waals surface area (Å²) in [4.78, 5) is 33.7. The van der Waals surface area contributed by atoms with Gasteiger partial charge in [0.2, 0.25) is 0 Å². The molecule has 2 bridgehead atoms. The molecule has 5 aromatic rings. The minimum atomic E-state index is -0.317. The van der Waals surface area contributed by atoms with Crippen LogP contribution in [-0.4, -0.2) is 43.7 Å². The smallest absolute Gasteiger partial charge is 0.324 e. The molecule has 8 heteroatoms. The number of carbonyl (C=O) groups excluding carboxylic acids is 2. The van der Waals surface area contributed by atoms with E-state index in [-0.39, 0.29) is 29.4 Å². The van der Waals surface area contributed by atoms with Crippen LogP contribution in [0.4, 0.5) is 16.3 Å². The normalized spacial score (nSPS) is 19.1. The number of aryl methyl sites for hydroxylation is 1. The van der Waals surface area contributed by atoms with E-state index >= 15 is 0 Å². The number of nitrogens with one attached hydrogen (secondary N) is 2. The number of nitrogens with zero attached hydrogens (tertiary/aromatic N) is 4. The van der Waals surface area contributed by atoms with Crippen molar-refractivity contribution in [2.75, 3.05) is 10.6 Å². The van der Waals surface area contributed by atoms with Crippen LogP contribution in [0, 0.1) is 12.8 Å². The zero-order chi connectivity index (χ0) is 32.7. The first kappa shape index (κ1) is 30.7. The van der Waals surface area contributed by atoms with E-state index in [4.69, 9.17) is 10.1 Å². The summed E-state index contributed by atoms with van der Waals surface area (Å²) in [7, 11) is 0. The standard InChI is InChI=1S/C39H42N6O2/c1-25-12-15-30(16-13-25)45-36(24-35(43-45)39(2,3)4)42-38(47)40-29-10-7-8-26(21-29)20-27-22-31-17-18-32(23-27)44(31)37(46)34-19-14-28-9-5-6-11-33(28)41-34/h5-16,19,21,24,27,31-32H,17-18,20,22-23H2,1-4H3,(H2,40,42,47). The van der Waals surface area contributed by atoms with Crippen LogP contribution in [0.5, 0.6) is 0 Å². The Morgan fingerprint density at radius 3 is 2.34 bits per heavy atom. The summed E-state index contributed by atoms with van der Waals surface area (Å²) in [6.45, 7) is 8.38. The van der Waals surface area contributed by atoms with E-state index < -0.39 is 0 Å². The molecule has 4 heterocycles. The second kappa shape index (κ2) is 12.3. The topological polar surface area (TPSA) is 92.2 Å². The van der Waals surface area contributed by atoms with Crippen LogP contribution in [0.1, 0.15) is 73.8 Å². The van der Waals surface area contributed by atoms with Gasteiger partial charge in [-0.05, 0) is 86.9 Å². The molecule has 2 aliphatic heterocycles.